The van der Waals surface area contributed by atoms with Crippen molar-refractivity contribution in [3.8, 4) is 12.3 Å². The van der Waals surface area contributed by atoms with Crippen LogP contribution in [0.4, 0.5) is 5.69 Å². The average molecular weight is 333 g/mol. The number of amides is 2. The lowest BCUT2D eigenvalue weighted by atomic mass is 9.92. The summed E-state index contributed by atoms with van der Waals surface area (Å²) in [6, 6.07) is 2.91. The number of nitrogens with one attached hydrogen (secondary N) is 2. The SMILES string of the molecule is C#CC(NC(=O)c1cc2c(cc1Cl)NC(=O)C2)C1CCOCC1. The molecule has 0 spiro atoms. The van der Waals surface area contributed by atoms with Gasteiger partial charge in [0, 0.05) is 18.9 Å². The van der Waals surface area contributed by atoms with Crippen LogP contribution in [0.15, 0.2) is 12.1 Å². The summed E-state index contributed by atoms with van der Waals surface area (Å²) in [5.41, 5.74) is 1.77. The quantitative estimate of drug-likeness (QED) is 0.832. The van der Waals surface area contributed by atoms with Crippen LogP contribution in [0.2, 0.25) is 5.02 Å². The normalized spacial score (nSPS) is 18.7. The number of carbonyl (C=O) groups is 2. The third-order valence-electron chi connectivity index (χ3n) is 4.27. The molecule has 1 atom stereocenters. The first-order valence-corrected chi connectivity index (χ1v) is 7.93. The Bertz CT molecular complexity index is 690. The molecular formula is C17H17ClN2O3. The van der Waals surface area contributed by atoms with Gasteiger partial charge in [-0.2, -0.15) is 0 Å². The summed E-state index contributed by atoms with van der Waals surface area (Å²) in [4.78, 5) is 24.0. The number of hydrogen-bond donors (Lipinski definition) is 2. The van der Waals surface area contributed by atoms with Crippen LogP contribution in [-0.4, -0.2) is 31.1 Å². The highest BCUT2D eigenvalue weighted by Crippen LogP contribution is 2.30. The molecule has 0 aliphatic carbocycles. The highest BCUT2D eigenvalue weighted by atomic mass is 35.5. The number of anilines is 1. The van der Waals surface area contributed by atoms with Gasteiger partial charge in [-0.1, -0.05) is 17.5 Å². The Morgan fingerprint density at radius 2 is 2.17 bits per heavy atom. The van der Waals surface area contributed by atoms with Crippen molar-refractivity contribution >= 4 is 29.1 Å². The van der Waals surface area contributed by atoms with E-state index in [1.807, 2.05) is 0 Å². The molecule has 2 aliphatic heterocycles. The summed E-state index contributed by atoms with van der Waals surface area (Å²) >= 11 is 6.18. The summed E-state index contributed by atoms with van der Waals surface area (Å²) in [5, 5.41) is 5.88. The number of benzene rings is 1. The van der Waals surface area contributed by atoms with Gasteiger partial charge in [0.05, 0.1) is 23.0 Å². The van der Waals surface area contributed by atoms with E-state index >= 15 is 0 Å². The zero-order valence-corrected chi connectivity index (χ0v) is 13.3. The van der Waals surface area contributed by atoms with E-state index in [1.165, 1.54) is 0 Å². The van der Waals surface area contributed by atoms with E-state index in [9.17, 15) is 9.59 Å². The molecule has 2 aliphatic rings. The molecule has 23 heavy (non-hydrogen) atoms. The van der Waals surface area contributed by atoms with Crippen LogP contribution in [0, 0.1) is 18.3 Å². The zero-order valence-electron chi connectivity index (χ0n) is 12.5. The van der Waals surface area contributed by atoms with E-state index < -0.39 is 0 Å². The molecule has 5 nitrogen and oxygen atoms in total. The summed E-state index contributed by atoms with van der Waals surface area (Å²) in [7, 11) is 0. The van der Waals surface area contributed by atoms with Gasteiger partial charge in [-0.25, -0.2) is 0 Å². The standard InChI is InChI=1S/C17H17ClN2O3/c1-2-14(10-3-5-23-6-4-10)20-17(22)12-7-11-8-16(21)19-15(11)9-13(12)18/h1,7,9-10,14H,3-6,8H2,(H,19,21)(H,20,22). The molecule has 0 bridgehead atoms. The molecule has 1 saturated heterocycles. The van der Waals surface area contributed by atoms with Crippen LogP contribution in [0.25, 0.3) is 0 Å². The first-order chi connectivity index (χ1) is 11.1. The largest absolute Gasteiger partial charge is 0.381 e. The Morgan fingerprint density at radius 3 is 2.87 bits per heavy atom. The van der Waals surface area contributed by atoms with Crippen LogP contribution in [0.3, 0.4) is 0 Å². The Morgan fingerprint density at radius 1 is 1.43 bits per heavy atom. The number of hydrogen-bond acceptors (Lipinski definition) is 3. The molecule has 1 fully saturated rings. The van der Waals surface area contributed by atoms with Crippen LogP contribution in [0.1, 0.15) is 28.8 Å². The van der Waals surface area contributed by atoms with Gasteiger partial charge in [-0.15, -0.1) is 6.42 Å². The summed E-state index contributed by atoms with van der Waals surface area (Å²) in [6.07, 6.45) is 7.49. The number of halogens is 1. The first kappa shape index (κ1) is 15.9. The smallest absolute Gasteiger partial charge is 0.253 e. The molecule has 120 valence electrons. The minimum atomic E-state index is -0.351. The van der Waals surface area contributed by atoms with Gasteiger partial charge in [0.2, 0.25) is 5.91 Å². The number of ether oxygens (including phenoxy) is 1. The maximum absolute atomic E-state index is 12.5. The van der Waals surface area contributed by atoms with Crippen molar-refractivity contribution < 1.29 is 14.3 Å². The molecule has 6 heteroatoms. The lowest BCUT2D eigenvalue weighted by Gasteiger charge is -2.27. The molecule has 2 heterocycles. The Hall–Kier alpha value is -2.03. The third kappa shape index (κ3) is 3.34. The number of terminal acetylenes is 1. The van der Waals surface area contributed by atoms with Crippen molar-refractivity contribution in [2.75, 3.05) is 18.5 Å². The van der Waals surface area contributed by atoms with Crippen molar-refractivity contribution in [3.63, 3.8) is 0 Å². The maximum atomic E-state index is 12.5. The van der Waals surface area contributed by atoms with Crippen LogP contribution >= 0.6 is 11.6 Å². The van der Waals surface area contributed by atoms with Crippen LogP contribution < -0.4 is 10.6 Å². The number of carbonyl (C=O) groups excluding carboxylic acids is 2. The molecule has 0 radical (unpaired) electrons. The van der Waals surface area contributed by atoms with E-state index in [0.717, 1.165) is 18.4 Å². The lowest BCUT2D eigenvalue weighted by molar-refractivity contribution is -0.115. The molecule has 1 unspecified atom stereocenters. The predicted molar refractivity (Wildman–Crippen MR) is 87.4 cm³/mol. The van der Waals surface area contributed by atoms with Crippen molar-refractivity contribution in [3.05, 3.63) is 28.3 Å². The summed E-state index contributed by atoms with van der Waals surface area (Å²) in [5.74, 6) is 2.44. The van der Waals surface area contributed by atoms with Gasteiger partial charge in [-0.3, -0.25) is 9.59 Å². The maximum Gasteiger partial charge on any atom is 0.253 e. The summed E-state index contributed by atoms with van der Waals surface area (Å²) < 4.78 is 5.32. The summed E-state index contributed by atoms with van der Waals surface area (Å²) in [6.45, 7) is 1.32. The van der Waals surface area contributed by atoms with Crippen LogP contribution in [0.5, 0.6) is 0 Å². The van der Waals surface area contributed by atoms with Crippen molar-refractivity contribution in [1.29, 1.82) is 0 Å². The lowest BCUT2D eigenvalue weighted by Crippen LogP contribution is -2.41. The van der Waals surface area contributed by atoms with Crippen LogP contribution in [-0.2, 0) is 16.0 Å². The first-order valence-electron chi connectivity index (χ1n) is 7.55. The van der Waals surface area contributed by atoms with E-state index in [4.69, 9.17) is 22.8 Å². The fourth-order valence-electron chi connectivity index (χ4n) is 2.99. The van der Waals surface area contributed by atoms with E-state index in [1.54, 1.807) is 12.1 Å². The molecular weight excluding hydrogens is 316 g/mol. The second-order valence-electron chi connectivity index (χ2n) is 5.78. The fraction of sp³-hybridized carbons (Fsp3) is 0.412. The van der Waals surface area contributed by atoms with Gasteiger partial charge >= 0.3 is 0 Å². The van der Waals surface area contributed by atoms with E-state index in [-0.39, 0.29) is 30.2 Å². The van der Waals surface area contributed by atoms with Crippen molar-refractivity contribution in [2.24, 2.45) is 5.92 Å². The monoisotopic (exact) mass is 332 g/mol. The highest BCUT2D eigenvalue weighted by molar-refractivity contribution is 6.34. The van der Waals surface area contributed by atoms with Gasteiger partial charge in [0.1, 0.15) is 0 Å². The molecule has 0 aromatic heterocycles. The Balaban J connectivity index is 1.76. The molecule has 1 aromatic carbocycles. The Labute approximate surface area is 139 Å². The molecule has 0 saturated carbocycles. The van der Waals surface area contributed by atoms with Crippen molar-refractivity contribution in [1.82, 2.24) is 5.32 Å². The van der Waals surface area contributed by atoms with E-state index in [2.05, 4.69) is 16.6 Å². The van der Waals surface area contributed by atoms with Crippen molar-refractivity contribution in [2.45, 2.75) is 25.3 Å². The fourth-order valence-corrected chi connectivity index (χ4v) is 3.24. The second kappa shape index (κ2) is 6.61. The predicted octanol–water partition coefficient (Wildman–Crippen LogP) is 1.99. The minimum absolute atomic E-state index is 0.0997. The molecule has 3 rings (SSSR count). The molecule has 2 N–H and O–H groups in total. The topological polar surface area (TPSA) is 67.4 Å². The second-order valence-corrected chi connectivity index (χ2v) is 6.19. The Kier molecular flexibility index (Phi) is 4.56. The van der Waals surface area contributed by atoms with Gasteiger partial charge in [0.15, 0.2) is 0 Å². The average Bonchev–Trinajstić information content (AvgIpc) is 2.91. The minimum Gasteiger partial charge on any atom is -0.381 e. The van der Waals surface area contributed by atoms with Gasteiger partial charge < -0.3 is 15.4 Å². The third-order valence-corrected chi connectivity index (χ3v) is 4.58. The number of rotatable bonds is 3. The zero-order chi connectivity index (χ0) is 16.4. The van der Waals surface area contributed by atoms with E-state index in [0.29, 0.717) is 29.5 Å². The molecule has 2 amide bonds. The molecule has 1 aromatic rings. The highest BCUT2D eigenvalue weighted by Gasteiger charge is 2.26. The van der Waals surface area contributed by atoms with Gasteiger partial charge in [-0.05, 0) is 36.5 Å². The van der Waals surface area contributed by atoms with Gasteiger partial charge in [0.25, 0.3) is 5.91 Å². The number of fused-ring (bicyclic) bond motifs is 1.